The Labute approximate surface area is 111 Å². The zero-order valence-corrected chi connectivity index (χ0v) is 11.0. The number of pyridine rings is 1. The molecule has 1 aromatic heterocycles. The third-order valence-electron chi connectivity index (χ3n) is 2.08. The van der Waals surface area contributed by atoms with E-state index in [2.05, 4.69) is 20.9 Å². The summed E-state index contributed by atoms with van der Waals surface area (Å²) in [4.78, 5) is 15.1. The summed E-state index contributed by atoms with van der Waals surface area (Å²) in [5.74, 6) is -0.619. The maximum Gasteiger partial charge on any atom is 0.310 e. The lowest BCUT2D eigenvalue weighted by atomic mass is 10.1. The first kappa shape index (κ1) is 14.5. The molecule has 0 spiro atoms. The highest BCUT2D eigenvalue weighted by atomic mass is 79.9. The number of hydrogen-bond donors (Lipinski definition) is 0. The summed E-state index contributed by atoms with van der Waals surface area (Å²) in [7, 11) is 0. The van der Waals surface area contributed by atoms with E-state index in [1.807, 2.05) is 0 Å². The Kier molecular flexibility index (Phi) is 5.16. The van der Waals surface area contributed by atoms with Crippen molar-refractivity contribution in [2.24, 2.45) is 0 Å². The van der Waals surface area contributed by atoms with Crippen molar-refractivity contribution in [2.75, 3.05) is 6.61 Å². The monoisotopic (exact) mass is 318 g/mol. The molecule has 0 unspecified atom stereocenters. The van der Waals surface area contributed by atoms with Gasteiger partial charge in [-0.3, -0.25) is 4.79 Å². The van der Waals surface area contributed by atoms with Gasteiger partial charge in [-0.1, -0.05) is 0 Å². The number of esters is 1. The van der Waals surface area contributed by atoms with E-state index < -0.39 is 12.4 Å². The fourth-order valence-electron chi connectivity index (χ4n) is 1.34. The van der Waals surface area contributed by atoms with Crippen molar-refractivity contribution >= 4 is 21.9 Å². The van der Waals surface area contributed by atoms with Gasteiger partial charge in [-0.2, -0.15) is 5.26 Å². The number of aromatic nitrogens is 1. The van der Waals surface area contributed by atoms with Crippen LogP contribution in [0.3, 0.4) is 0 Å². The van der Waals surface area contributed by atoms with Crippen molar-refractivity contribution in [3.63, 3.8) is 0 Å². The zero-order valence-electron chi connectivity index (χ0n) is 9.41. The molecule has 0 radical (unpaired) electrons. The van der Waals surface area contributed by atoms with Crippen molar-refractivity contribution in [1.29, 1.82) is 5.26 Å². The number of nitriles is 1. The van der Waals surface area contributed by atoms with Crippen LogP contribution in [0.15, 0.2) is 10.7 Å². The number of carbonyl (C=O) groups excluding carboxylic acids is 1. The molecule has 0 N–H and O–H groups in total. The van der Waals surface area contributed by atoms with Gasteiger partial charge in [0, 0.05) is 11.1 Å². The summed E-state index contributed by atoms with van der Waals surface area (Å²) in [6, 6.07) is 2.65. The van der Waals surface area contributed by atoms with Crippen LogP contribution in [0.25, 0.3) is 0 Å². The summed E-state index contributed by atoms with van der Waals surface area (Å²) in [6.07, 6.45) is -3.10. The molecule has 1 aromatic rings. The topological polar surface area (TPSA) is 63.0 Å². The molecule has 0 saturated heterocycles. The highest BCUT2D eigenvalue weighted by molar-refractivity contribution is 9.10. The van der Waals surface area contributed by atoms with Crippen LogP contribution in [0, 0.1) is 11.3 Å². The second kappa shape index (κ2) is 6.40. The number of ether oxygens (including phenoxy) is 1. The van der Waals surface area contributed by atoms with E-state index in [0.717, 1.165) is 6.07 Å². The third-order valence-corrected chi connectivity index (χ3v) is 2.74. The Hall–Kier alpha value is -1.55. The van der Waals surface area contributed by atoms with Crippen LogP contribution in [0.1, 0.15) is 30.2 Å². The molecule has 0 aliphatic heterocycles. The predicted octanol–water partition coefficient (Wildman–Crippen LogP) is 2.76. The number of hydrogen-bond acceptors (Lipinski definition) is 4. The van der Waals surface area contributed by atoms with E-state index >= 15 is 0 Å². The van der Waals surface area contributed by atoms with E-state index in [4.69, 9.17) is 10.00 Å². The number of nitrogens with zero attached hydrogens (tertiary/aromatic N) is 2. The van der Waals surface area contributed by atoms with Crippen LogP contribution in [0.5, 0.6) is 0 Å². The molecule has 1 rings (SSSR count). The molecular weight excluding hydrogens is 310 g/mol. The molecule has 0 fully saturated rings. The molecule has 0 bridgehead atoms. The first-order valence-electron chi connectivity index (χ1n) is 5.02. The number of halogens is 3. The Bertz CT molecular complexity index is 501. The first-order chi connectivity index (χ1) is 8.49. The van der Waals surface area contributed by atoms with Gasteiger partial charge in [-0.05, 0) is 28.9 Å². The summed E-state index contributed by atoms with van der Waals surface area (Å²) >= 11 is 2.98. The number of alkyl halides is 2. The van der Waals surface area contributed by atoms with Crippen LogP contribution in [0.2, 0.25) is 0 Å². The zero-order chi connectivity index (χ0) is 13.7. The van der Waals surface area contributed by atoms with Gasteiger partial charge in [-0.25, -0.2) is 13.8 Å². The van der Waals surface area contributed by atoms with Crippen molar-refractivity contribution in [1.82, 2.24) is 4.98 Å². The lowest BCUT2D eigenvalue weighted by Crippen LogP contribution is -2.11. The Morgan fingerprint density at radius 3 is 2.83 bits per heavy atom. The molecule has 1 heterocycles. The van der Waals surface area contributed by atoms with Crippen LogP contribution in [-0.4, -0.2) is 17.6 Å². The van der Waals surface area contributed by atoms with Crippen LogP contribution >= 0.6 is 15.9 Å². The minimum absolute atomic E-state index is 0.0439. The van der Waals surface area contributed by atoms with Crippen LogP contribution < -0.4 is 0 Å². The SMILES string of the molecule is CCOC(=O)Cc1c(C(F)F)cc(C#N)nc1Br. The smallest absolute Gasteiger partial charge is 0.310 e. The summed E-state index contributed by atoms with van der Waals surface area (Å²) < 4.78 is 30.5. The van der Waals surface area contributed by atoms with Gasteiger partial charge in [0.15, 0.2) is 0 Å². The van der Waals surface area contributed by atoms with Crippen molar-refractivity contribution in [3.05, 3.63) is 27.5 Å². The van der Waals surface area contributed by atoms with Gasteiger partial charge in [0.2, 0.25) is 0 Å². The largest absolute Gasteiger partial charge is 0.466 e. The van der Waals surface area contributed by atoms with E-state index in [0.29, 0.717) is 0 Å². The second-order valence-electron chi connectivity index (χ2n) is 3.26. The van der Waals surface area contributed by atoms with Crippen LogP contribution in [0.4, 0.5) is 8.78 Å². The maximum atomic E-state index is 12.8. The average Bonchev–Trinajstić information content (AvgIpc) is 2.31. The van der Waals surface area contributed by atoms with Gasteiger partial charge < -0.3 is 4.74 Å². The van der Waals surface area contributed by atoms with Crippen LogP contribution in [-0.2, 0) is 16.0 Å². The molecule has 0 saturated carbocycles. The molecule has 18 heavy (non-hydrogen) atoms. The molecular formula is C11H9BrF2N2O2. The number of rotatable bonds is 4. The standard InChI is InChI=1S/C11H9BrF2N2O2/c1-2-18-9(17)4-7-8(11(13)14)3-6(5-15)16-10(7)12/h3,11H,2,4H2,1H3. The minimum Gasteiger partial charge on any atom is -0.466 e. The van der Waals surface area contributed by atoms with Gasteiger partial charge in [0.05, 0.1) is 13.0 Å². The number of carbonyl (C=O) groups is 1. The fraction of sp³-hybridized carbons (Fsp3) is 0.364. The third kappa shape index (κ3) is 3.47. The summed E-state index contributed by atoms with van der Waals surface area (Å²) in [5, 5.41) is 8.66. The lowest BCUT2D eigenvalue weighted by molar-refractivity contribution is -0.142. The van der Waals surface area contributed by atoms with Crippen molar-refractivity contribution in [2.45, 2.75) is 19.8 Å². The Morgan fingerprint density at radius 2 is 2.33 bits per heavy atom. The average molecular weight is 319 g/mol. The molecule has 96 valence electrons. The summed E-state index contributed by atoms with van der Waals surface area (Å²) in [6.45, 7) is 1.79. The maximum absolute atomic E-state index is 12.8. The van der Waals surface area contributed by atoms with E-state index in [9.17, 15) is 13.6 Å². The van der Waals surface area contributed by atoms with Gasteiger partial charge in [-0.15, -0.1) is 0 Å². The van der Waals surface area contributed by atoms with Crippen molar-refractivity contribution < 1.29 is 18.3 Å². The lowest BCUT2D eigenvalue weighted by Gasteiger charge is -2.10. The minimum atomic E-state index is -2.79. The van der Waals surface area contributed by atoms with Gasteiger partial charge in [0.1, 0.15) is 16.4 Å². The normalized spacial score (nSPS) is 10.2. The second-order valence-corrected chi connectivity index (χ2v) is 4.01. The molecule has 4 nitrogen and oxygen atoms in total. The predicted molar refractivity (Wildman–Crippen MR) is 61.9 cm³/mol. The fourth-order valence-corrected chi connectivity index (χ4v) is 1.90. The summed E-state index contributed by atoms with van der Waals surface area (Å²) in [5.41, 5.74) is -0.478. The first-order valence-corrected chi connectivity index (χ1v) is 5.82. The Morgan fingerprint density at radius 1 is 1.67 bits per heavy atom. The Balaban J connectivity index is 3.17. The molecule has 0 aliphatic rings. The van der Waals surface area contributed by atoms with Gasteiger partial charge >= 0.3 is 5.97 Å². The van der Waals surface area contributed by atoms with Gasteiger partial charge in [0.25, 0.3) is 6.43 Å². The molecule has 0 aliphatic carbocycles. The molecule has 0 amide bonds. The van der Waals surface area contributed by atoms with E-state index in [-0.39, 0.29) is 34.5 Å². The quantitative estimate of drug-likeness (QED) is 0.632. The van der Waals surface area contributed by atoms with E-state index in [1.54, 1.807) is 13.0 Å². The van der Waals surface area contributed by atoms with Crippen molar-refractivity contribution in [3.8, 4) is 6.07 Å². The molecule has 0 atom stereocenters. The highest BCUT2D eigenvalue weighted by Gasteiger charge is 2.20. The highest BCUT2D eigenvalue weighted by Crippen LogP contribution is 2.29. The molecule has 7 heteroatoms. The van der Waals surface area contributed by atoms with E-state index in [1.165, 1.54) is 0 Å². The molecule has 0 aromatic carbocycles.